The van der Waals surface area contributed by atoms with Crippen LogP contribution in [-0.2, 0) is 29.5 Å². The second-order valence-electron chi connectivity index (χ2n) is 1.95. The number of nitriles is 1. The van der Waals surface area contributed by atoms with E-state index in [0.717, 1.165) is 0 Å². The van der Waals surface area contributed by atoms with Crippen LogP contribution in [0.4, 0.5) is 0 Å². The van der Waals surface area contributed by atoms with Crippen LogP contribution >= 0.6 is 0 Å². The maximum Gasteiger partial charge on any atom is 1.00 e. The maximum atomic E-state index is 9.51. The Morgan fingerprint density at radius 2 is 1.28 bits per heavy atom. The number of hydrogen-bond donors (Lipinski definition) is 2. The Bertz CT molecular complexity index is 368. The fraction of sp³-hybridized carbons (Fsp3) is 0.800. The minimum absolute atomic E-state index is 0. The Morgan fingerprint density at radius 3 is 1.33 bits per heavy atom. The summed E-state index contributed by atoms with van der Waals surface area (Å²) in [5.74, 6) is 0. The predicted octanol–water partition coefficient (Wildman–Crippen LogP) is -2.92. The van der Waals surface area contributed by atoms with Gasteiger partial charge in [0, 0.05) is 6.42 Å². The summed E-state index contributed by atoms with van der Waals surface area (Å²) in [6, 6.07) is 1.93. The van der Waals surface area contributed by atoms with Gasteiger partial charge in [0.05, 0.1) is 6.07 Å². The molecule has 2 N–H and O–H groups in total. The number of rotatable bonds is 3. The smallest absolute Gasteiger partial charge is 0.668 e. The van der Waals surface area contributed by atoms with Gasteiger partial charge in [0.1, 0.15) is 0 Å². The van der Waals surface area contributed by atoms with Gasteiger partial charge in [-0.15, -0.1) is 0 Å². The van der Waals surface area contributed by atoms with Gasteiger partial charge in [0.2, 0.25) is 0 Å². The topological polar surface area (TPSA) is 165 Å². The van der Waals surface area contributed by atoms with E-state index in [1.807, 2.05) is 13.0 Å². The van der Waals surface area contributed by atoms with Gasteiger partial charge in [-0.2, -0.15) is 36.2 Å². The Morgan fingerprint density at radius 1 is 1.11 bits per heavy atom. The first-order chi connectivity index (χ1) is 7.54. The summed E-state index contributed by atoms with van der Waals surface area (Å²) >= 11 is 0. The third-order valence-electron chi connectivity index (χ3n) is 0.358. The molecular formula is C5H13N2NaO8S2. The number of nitrogens with zero attached hydrogens (tertiary/aromatic N) is 2. The molecule has 18 heavy (non-hydrogen) atoms. The van der Waals surface area contributed by atoms with E-state index in [1.54, 1.807) is 14.1 Å². The molecule has 0 saturated carbocycles. The second-order valence-corrected chi connectivity index (χ2v) is 3.93. The molecule has 0 aliphatic heterocycles. The maximum absolute atomic E-state index is 9.51. The molecule has 0 bridgehead atoms. The predicted molar refractivity (Wildman–Crippen MR) is 56.4 cm³/mol. The first kappa shape index (κ1) is 26.7. The minimum Gasteiger partial charge on any atom is -0.668 e. The quantitative estimate of drug-likeness (QED) is 0.240. The van der Waals surface area contributed by atoms with Crippen molar-refractivity contribution < 1.29 is 64.2 Å². The third-order valence-corrected chi connectivity index (χ3v) is 0.924. The molecule has 0 unspecified atom stereocenters. The molecule has 10 nitrogen and oxygen atoms in total. The summed E-state index contributed by atoms with van der Waals surface area (Å²) in [4.78, 5) is 0. The van der Waals surface area contributed by atoms with Gasteiger partial charge in [-0.1, -0.05) is 15.6 Å². The molecule has 104 valence electrons. The van der Waals surface area contributed by atoms with Crippen molar-refractivity contribution in [2.75, 3.05) is 14.1 Å². The Balaban J connectivity index is -0.000000103. The molecule has 0 atom stereocenters. The van der Waals surface area contributed by atoms with Crippen LogP contribution in [0.2, 0.25) is 0 Å². The first-order valence-corrected chi connectivity index (χ1v) is 6.44. The molecule has 0 fully saturated rings. The molecule has 13 heteroatoms. The molecule has 0 aromatic rings. The zero-order valence-corrected chi connectivity index (χ0v) is 13.9. The summed E-state index contributed by atoms with van der Waals surface area (Å²) in [5.41, 5.74) is 0. The van der Waals surface area contributed by atoms with E-state index in [2.05, 4.69) is 14.0 Å². The average molecular weight is 316 g/mol. The fourth-order valence-electron chi connectivity index (χ4n) is 0.0702. The van der Waals surface area contributed by atoms with Gasteiger partial charge in [0.25, 0.3) is 0 Å². The van der Waals surface area contributed by atoms with Crippen LogP contribution in [0.3, 0.4) is 0 Å². The van der Waals surface area contributed by atoms with Crippen LogP contribution in [0.1, 0.15) is 13.3 Å². The summed E-state index contributed by atoms with van der Waals surface area (Å²) in [5, 5.41) is 11.1. The van der Waals surface area contributed by atoms with Crippen molar-refractivity contribution in [1.29, 1.82) is 5.26 Å². The molecule has 0 saturated heterocycles. The molecule has 0 aliphatic rings. The van der Waals surface area contributed by atoms with Crippen LogP contribution in [-0.4, -0.2) is 40.0 Å². The van der Waals surface area contributed by atoms with E-state index >= 15 is 0 Å². The van der Waals surface area contributed by atoms with Crippen molar-refractivity contribution in [2.24, 2.45) is 0 Å². The van der Waals surface area contributed by atoms with Gasteiger partial charge in [0.15, 0.2) is 0 Å². The molecule has 0 heterocycles. The molecule has 0 aliphatic carbocycles. The van der Waals surface area contributed by atoms with Crippen LogP contribution in [0.15, 0.2) is 0 Å². The van der Waals surface area contributed by atoms with Crippen molar-refractivity contribution in [3.8, 4) is 6.07 Å². The molecule has 0 spiro atoms. The molecule has 0 amide bonds. The Labute approximate surface area is 128 Å². The minimum atomic E-state index is -5.02. The van der Waals surface area contributed by atoms with Gasteiger partial charge in [-0.25, -0.2) is 0 Å². The van der Waals surface area contributed by atoms with Gasteiger partial charge in [-0.3, -0.25) is 9.11 Å². The van der Waals surface area contributed by atoms with Gasteiger partial charge < -0.3 is 5.32 Å². The Hall–Kier alpha value is 0.190. The molecule has 0 rings (SSSR count). The third kappa shape index (κ3) is 55.7. The second kappa shape index (κ2) is 15.2. The van der Waals surface area contributed by atoms with E-state index < -0.39 is 20.8 Å². The van der Waals surface area contributed by atoms with Crippen LogP contribution < -0.4 is 29.6 Å². The van der Waals surface area contributed by atoms with E-state index in [1.165, 1.54) is 0 Å². The van der Waals surface area contributed by atoms with Crippen molar-refractivity contribution in [2.45, 2.75) is 13.3 Å². The first-order valence-electron chi connectivity index (χ1n) is 3.71. The van der Waals surface area contributed by atoms with Gasteiger partial charge in [-0.05, 0) is 0 Å². The van der Waals surface area contributed by atoms with Crippen molar-refractivity contribution >= 4 is 20.8 Å². The van der Waals surface area contributed by atoms with E-state index in [4.69, 9.17) is 14.4 Å². The molecular weight excluding hydrogens is 303 g/mol. The van der Waals surface area contributed by atoms with Crippen LogP contribution in [0, 0.1) is 11.3 Å². The zero-order valence-electron chi connectivity index (χ0n) is 10.3. The summed E-state index contributed by atoms with van der Waals surface area (Å²) in [6.07, 6.45) is 0.625. The molecule has 0 radical (unpaired) electrons. The summed E-state index contributed by atoms with van der Waals surface area (Å²) in [6.45, 7) is 1.82. The summed E-state index contributed by atoms with van der Waals surface area (Å²) < 4.78 is 58.9. The van der Waals surface area contributed by atoms with Crippen LogP contribution in [0.5, 0.6) is 0 Å². The van der Waals surface area contributed by atoms with Gasteiger partial charge >= 0.3 is 50.4 Å². The summed E-state index contributed by atoms with van der Waals surface area (Å²) in [7, 11) is -6.54. The fourth-order valence-corrected chi connectivity index (χ4v) is 0.632. The largest absolute Gasteiger partial charge is 1.00 e. The SMILES string of the molecule is CCC#N.C[N-]C.O=S(=O)(O)OOS(=O)(=O)O.[Na+]. The number of hydrogen-bond acceptors (Lipinski definition) is 7. The molecule has 0 aromatic carbocycles. The average Bonchev–Trinajstić information content (AvgIpc) is 2.15. The van der Waals surface area contributed by atoms with Crippen molar-refractivity contribution in [3.05, 3.63) is 5.32 Å². The zero-order chi connectivity index (χ0) is 14.5. The Kier molecular flexibility index (Phi) is 22.6. The van der Waals surface area contributed by atoms with E-state index in [9.17, 15) is 16.8 Å². The standard InChI is InChI=1S/C3H5N.C2H6N.Na.H2O8S2/c1-2-3-4;1-3-2;;1-9(2,3)7-8-10(4,5)6/h2H2,1H3;1-2H3;;(H,1,2,3)(H,4,5,6)/q;-1;+1;. The van der Waals surface area contributed by atoms with Crippen molar-refractivity contribution in [3.63, 3.8) is 0 Å². The molecule has 0 aromatic heterocycles. The van der Waals surface area contributed by atoms with E-state index in [-0.39, 0.29) is 29.6 Å². The normalized spacial score (nSPS) is 9.56. The van der Waals surface area contributed by atoms with Crippen LogP contribution in [0.25, 0.3) is 5.32 Å². The van der Waals surface area contributed by atoms with E-state index in [0.29, 0.717) is 6.42 Å². The van der Waals surface area contributed by atoms with Crippen molar-refractivity contribution in [1.82, 2.24) is 0 Å². The monoisotopic (exact) mass is 316 g/mol.